The molecule has 2 aromatic carbocycles. The Morgan fingerprint density at radius 1 is 1.14 bits per heavy atom. The molecule has 0 fully saturated rings. The zero-order chi connectivity index (χ0) is 20.4. The van der Waals surface area contributed by atoms with Crippen molar-refractivity contribution in [2.45, 2.75) is 23.1 Å². The number of hydrogen-bond acceptors (Lipinski definition) is 4. The van der Waals surface area contributed by atoms with E-state index >= 15 is 0 Å². The van der Waals surface area contributed by atoms with Crippen molar-refractivity contribution in [2.24, 2.45) is 0 Å². The molecule has 0 saturated carbocycles. The van der Waals surface area contributed by atoms with Gasteiger partial charge in [0.05, 0.1) is 5.56 Å². The first kappa shape index (κ1) is 19.7. The Balaban J connectivity index is 1.62. The molecule has 0 bridgehead atoms. The predicted molar refractivity (Wildman–Crippen MR) is 115 cm³/mol. The van der Waals surface area contributed by atoms with Crippen LogP contribution in [0.1, 0.15) is 32.5 Å². The van der Waals surface area contributed by atoms with Crippen LogP contribution in [0.15, 0.2) is 69.8 Å². The Bertz CT molecular complexity index is 1050. The van der Waals surface area contributed by atoms with Gasteiger partial charge < -0.3 is 14.8 Å². The van der Waals surface area contributed by atoms with Gasteiger partial charge in [-0.2, -0.15) is 0 Å². The lowest BCUT2D eigenvalue weighted by Gasteiger charge is -2.20. The third-order valence-electron chi connectivity index (χ3n) is 4.83. The molecule has 148 valence electrons. The van der Waals surface area contributed by atoms with Crippen LogP contribution in [0.2, 0.25) is 0 Å². The molecule has 0 radical (unpaired) electrons. The number of thiophene rings is 1. The number of hydrogen-bond donors (Lipinski definition) is 1. The lowest BCUT2D eigenvalue weighted by molar-refractivity contribution is 0.0950. The monoisotopic (exact) mass is 424 g/mol. The van der Waals surface area contributed by atoms with E-state index in [0.29, 0.717) is 39.7 Å². The second-order valence-electron chi connectivity index (χ2n) is 6.58. The molecule has 5 nitrogen and oxygen atoms in total. The summed E-state index contributed by atoms with van der Waals surface area (Å²) in [6.07, 6.45) is 0.771. The van der Waals surface area contributed by atoms with Gasteiger partial charge in [0.2, 0.25) is 0 Å². The molecule has 29 heavy (non-hydrogen) atoms. The number of amides is 2. The average Bonchev–Trinajstić information content (AvgIpc) is 3.24. The summed E-state index contributed by atoms with van der Waals surface area (Å²) < 4.78 is 13.2. The van der Waals surface area contributed by atoms with Crippen LogP contribution in [0.5, 0.6) is 0 Å². The van der Waals surface area contributed by atoms with Crippen LogP contribution in [0, 0.1) is 0 Å². The second kappa shape index (κ2) is 8.41. The minimum absolute atomic E-state index is 0.203. The first-order valence-electron chi connectivity index (χ1n) is 9.37. The minimum Gasteiger partial charge on any atom is -0.606 e. The van der Waals surface area contributed by atoms with Gasteiger partial charge in [0.1, 0.15) is 5.69 Å². The predicted octanol–water partition coefficient (Wildman–Crippen LogP) is 3.87. The topological polar surface area (TPSA) is 72.5 Å². The average molecular weight is 425 g/mol. The van der Waals surface area contributed by atoms with E-state index in [9.17, 15) is 14.1 Å². The quantitative estimate of drug-likeness (QED) is 0.632. The molecule has 7 heteroatoms. The number of rotatable bonds is 5. The summed E-state index contributed by atoms with van der Waals surface area (Å²) in [5.41, 5.74) is 1.41. The van der Waals surface area contributed by atoms with Crippen LogP contribution >= 0.6 is 11.3 Å². The van der Waals surface area contributed by atoms with Crippen molar-refractivity contribution in [1.29, 1.82) is 0 Å². The highest BCUT2D eigenvalue weighted by Gasteiger charge is 2.35. The van der Waals surface area contributed by atoms with Crippen LogP contribution < -0.4 is 10.2 Å². The molecule has 1 atom stereocenters. The molecule has 2 heterocycles. The van der Waals surface area contributed by atoms with Crippen molar-refractivity contribution in [3.8, 4) is 0 Å². The summed E-state index contributed by atoms with van der Waals surface area (Å²) in [5.74, 6) is -0.411. The number of benzene rings is 2. The van der Waals surface area contributed by atoms with Crippen LogP contribution in [0.25, 0.3) is 0 Å². The zero-order valence-corrected chi connectivity index (χ0v) is 17.5. The number of anilines is 1. The number of nitrogens with zero attached hydrogens (tertiary/aromatic N) is 1. The van der Waals surface area contributed by atoms with Crippen molar-refractivity contribution in [3.05, 3.63) is 76.0 Å². The van der Waals surface area contributed by atoms with Gasteiger partial charge in [0, 0.05) is 34.7 Å². The zero-order valence-electron chi connectivity index (χ0n) is 15.9. The SMILES string of the molecule is CCN1C(=O)c2ccccc2[S+]([O-])c2ccc(C(=O)NCCc3cccs3)cc21. The van der Waals surface area contributed by atoms with Gasteiger partial charge in [-0.3, -0.25) is 9.59 Å². The largest absolute Gasteiger partial charge is 0.606 e. The summed E-state index contributed by atoms with van der Waals surface area (Å²) in [4.78, 5) is 29.5. The molecule has 3 aromatic rings. The Labute approximate surface area is 176 Å². The van der Waals surface area contributed by atoms with Gasteiger partial charge in [-0.1, -0.05) is 18.2 Å². The maximum Gasteiger partial charge on any atom is 0.263 e. The maximum atomic E-state index is 13.2. The Kier molecular flexibility index (Phi) is 5.71. The highest BCUT2D eigenvalue weighted by atomic mass is 32.2. The van der Waals surface area contributed by atoms with E-state index < -0.39 is 11.2 Å². The van der Waals surface area contributed by atoms with Gasteiger partial charge in [-0.15, -0.1) is 11.3 Å². The van der Waals surface area contributed by atoms with Gasteiger partial charge in [0.25, 0.3) is 11.8 Å². The molecular weight excluding hydrogens is 404 g/mol. The van der Waals surface area contributed by atoms with Crippen LogP contribution in [-0.2, 0) is 17.6 Å². The molecule has 1 unspecified atom stereocenters. The molecule has 2 amide bonds. The number of fused-ring (bicyclic) bond motifs is 2. The molecular formula is C22H20N2O3S2. The third kappa shape index (κ3) is 3.81. The standard InChI is InChI=1S/C22H20N2O3S2/c1-2-24-18-14-15(21(25)23-12-11-16-6-5-13-28-16)9-10-20(18)29(27)19-8-4-3-7-17(19)22(24)26/h3-10,13-14H,2,11-12H2,1H3,(H,23,25). The summed E-state index contributed by atoms with van der Waals surface area (Å²) in [6, 6.07) is 16.0. The van der Waals surface area contributed by atoms with Gasteiger partial charge in [0.15, 0.2) is 9.79 Å². The Morgan fingerprint density at radius 3 is 2.72 bits per heavy atom. The molecule has 4 rings (SSSR count). The van der Waals surface area contributed by atoms with E-state index in [1.54, 1.807) is 58.7 Å². The fourth-order valence-electron chi connectivity index (χ4n) is 3.37. The second-order valence-corrected chi connectivity index (χ2v) is 9.03. The van der Waals surface area contributed by atoms with Crippen molar-refractivity contribution in [3.63, 3.8) is 0 Å². The number of nitrogens with one attached hydrogen (secondary N) is 1. The molecule has 0 saturated heterocycles. The highest BCUT2D eigenvalue weighted by molar-refractivity contribution is 7.91. The fourth-order valence-corrected chi connectivity index (χ4v) is 5.43. The maximum absolute atomic E-state index is 13.2. The number of carbonyl (C=O) groups excluding carboxylic acids is 2. The van der Waals surface area contributed by atoms with Crippen molar-refractivity contribution in [2.75, 3.05) is 18.0 Å². The molecule has 1 aromatic heterocycles. The summed E-state index contributed by atoms with van der Waals surface area (Å²) >= 11 is 0.169. The molecule has 1 aliphatic rings. The molecule has 0 spiro atoms. The minimum atomic E-state index is -1.49. The Hall–Kier alpha value is -2.61. The van der Waals surface area contributed by atoms with E-state index in [4.69, 9.17) is 0 Å². The van der Waals surface area contributed by atoms with Crippen LogP contribution in [0.3, 0.4) is 0 Å². The van der Waals surface area contributed by atoms with E-state index in [1.165, 1.54) is 4.88 Å². The normalized spacial score (nSPS) is 15.4. The van der Waals surface area contributed by atoms with Crippen LogP contribution in [-0.4, -0.2) is 29.5 Å². The first-order chi connectivity index (χ1) is 14.1. The fraction of sp³-hybridized carbons (Fsp3) is 0.182. The van der Waals surface area contributed by atoms with E-state index in [0.717, 1.165) is 6.42 Å². The lowest BCUT2D eigenvalue weighted by Crippen LogP contribution is -2.31. The molecule has 1 aliphatic heterocycles. The van der Waals surface area contributed by atoms with E-state index in [-0.39, 0.29) is 11.8 Å². The molecule has 0 aliphatic carbocycles. The summed E-state index contributed by atoms with van der Waals surface area (Å²) in [7, 11) is 0. The molecule has 1 N–H and O–H groups in total. The lowest BCUT2D eigenvalue weighted by atomic mass is 10.1. The van der Waals surface area contributed by atoms with Crippen LogP contribution in [0.4, 0.5) is 5.69 Å². The summed E-state index contributed by atoms with van der Waals surface area (Å²) in [6.45, 7) is 2.82. The first-order valence-corrected chi connectivity index (χ1v) is 11.4. The van der Waals surface area contributed by atoms with Gasteiger partial charge in [-0.25, -0.2) is 0 Å². The van der Waals surface area contributed by atoms with E-state index in [1.807, 2.05) is 24.4 Å². The third-order valence-corrected chi connectivity index (χ3v) is 7.26. The highest BCUT2D eigenvalue weighted by Crippen LogP contribution is 2.37. The van der Waals surface area contributed by atoms with Crippen molar-refractivity contribution < 1.29 is 14.1 Å². The smallest absolute Gasteiger partial charge is 0.263 e. The van der Waals surface area contributed by atoms with E-state index in [2.05, 4.69) is 5.32 Å². The van der Waals surface area contributed by atoms with Gasteiger partial charge in [-0.05, 0) is 55.1 Å². The van der Waals surface area contributed by atoms with Crippen molar-refractivity contribution >= 4 is 40.0 Å². The van der Waals surface area contributed by atoms with Gasteiger partial charge >= 0.3 is 0 Å². The summed E-state index contributed by atoms with van der Waals surface area (Å²) in [5, 5.41) is 4.93. The van der Waals surface area contributed by atoms with Crippen molar-refractivity contribution in [1.82, 2.24) is 5.32 Å². The Morgan fingerprint density at radius 2 is 1.97 bits per heavy atom. The number of carbonyl (C=O) groups is 2.